The highest BCUT2D eigenvalue weighted by molar-refractivity contribution is 6.30. The van der Waals surface area contributed by atoms with Crippen LogP contribution in [0.5, 0.6) is 0 Å². The summed E-state index contributed by atoms with van der Waals surface area (Å²) < 4.78 is 7.37. The van der Waals surface area contributed by atoms with Crippen molar-refractivity contribution in [1.82, 2.24) is 20.0 Å². The van der Waals surface area contributed by atoms with Crippen molar-refractivity contribution in [2.24, 2.45) is 0 Å². The number of amides is 1. The smallest absolute Gasteiger partial charge is 0.407 e. The summed E-state index contributed by atoms with van der Waals surface area (Å²) in [6.07, 6.45) is 1.20. The van der Waals surface area contributed by atoms with Crippen molar-refractivity contribution >= 4 is 17.7 Å². The van der Waals surface area contributed by atoms with E-state index in [2.05, 4.69) is 36.2 Å². The molecule has 1 aliphatic rings. The van der Waals surface area contributed by atoms with Crippen LogP contribution < -0.4 is 5.32 Å². The Hall–Kier alpha value is -2.83. The van der Waals surface area contributed by atoms with E-state index in [4.69, 9.17) is 21.4 Å². The van der Waals surface area contributed by atoms with Crippen LogP contribution in [0.1, 0.15) is 28.9 Å². The van der Waals surface area contributed by atoms with Gasteiger partial charge in [0.2, 0.25) is 0 Å². The normalized spacial score (nSPS) is 16.3. The lowest BCUT2D eigenvalue weighted by Crippen LogP contribution is -2.37. The number of para-hydroxylation sites is 1. The minimum absolute atomic E-state index is 0.0958. The number of ether oxygens (including phenoxy) is 1. The molecule has 32 heavy (non-hydrogen) atoms. The van der Waals surface area contributed by atoms with Crippen molar-refractivity contribution in [1.29, 1.82) is 0 Å². The van der Waals surface area contributed by atoms with Gasteiger partial charge in [-0.3, -0.25) is 4.90 Å². The third-order valence-electron chi connectivity index (χ3n) is 5.93. The van der Waals surface area contributed by atoms with E-state index in [1.54, 1.807) is 0 Å². The molecule has 1 amide bonds. The predicted octanol–water partition coefficient (Wildman–Crippen LogP) is 4.69. The minimum Gasteiger partial charge on any atom is -0.449 e. The largest absolute Gasteiger partial charge is 0.449 e. The van der Waals surface area contributed by atoms with Crippen LogP contribution in [-0.4, -0.2) is 46.5 Å². The lowest BCUT2D eigenvalue weighted by Gasteiger charge is -2.17. The van der Waals surface area contributed by atoms with Crippen LogP contribution in [0.25, 0.3) is 5.69 Å². The molecule has 4 rings (SSSR count). The number of aromatic nitrogens is 2. The van der Waals surface area contributed by atoms with E-state index in [0.29, 0.717) is 18.1 Å². The van der Waals surface area contributed by atoms with E-state index in [1.807, 2.05) is 47.1 Å². The number of alkyl carbamates (subject to hydrolysis) is 1. The number of nitrogens with one attached hydrogen (secondary N) is 1. The molecule has 1 saturated heterocycles. The SMILES string of the molecule is Cc1nn(-c2ccccc2)c(C)c1CN1CCC(NC(=O)OCCc2cccc(Cl)c2)C1. The first kappa shape index (κ1) is 22.4. The molecule has 1 aromatic heterocycles. The van der Waals surface area contributed by atoms with Gasteiger partial charge < -0.3 is 10.1 Å². The molecule has 0 bridgehead atoms. The van der Waals surface area contributed by atoms with Gasteiger partial charge in [0.15, 0.2) is 0 Å². The number of aryl methyl sites for hydroxylation is 1. The molecule has 0 spiro atoms. The molecule has 2 heterocycles. The van der Waals surface area contributed by atoms with Crippen molar-refractivity contribution in [3.05, 3.63) is 82.1 Å². The molecule has 1 atom stereocenters. The van der Waals surface area contributed by atoms with Crippen LogP contribution in [0.3, 0.4) is 0 Å². The van der Waals surface area contributed by atoms with E-state index in [9.17, 15) is 4.79 Å². The first-order valence-electron chi connectivity index (χ1n) is 11.0. The summed E-state index contributed by atoms with van der Waals surface area (Å²) in [5.74, 6) is 0. The summed E-state index contributed by atoms with van der Waals surface area (Å²) >= 11 is 5.99. The Kier molecular flexibility index (Phi) is 7.12. The summed E-state index contributed by atoms with van der Waals surface area (Å²) in [5, 5.41) is 8.44. The maximum Gasteiger partial charge on any atom is 0.407 e. The van der Waals surface area contributed by atoms with E-state index in [1.165, 1.54) is 5.56 Å². The summed E-state index contributed by atoms with van der Waals surface area (Å²) in [5.41, 5.74) is 5.58. The van der Waals surface area contributed by atoms with Crippen molar-refractivity contribution in [3.63, 3.8) is 0 Å². The van der Waals surface area contributed by atoms with Crippen molar-refractivity contribution in [2.75, 3.05) is 19.7 Å². The van der Waals surface area contributed by atoms with Gasteiger partial charge in [-0.15, -0.1) is 0 Å². The second-order valence-corrected chi connectivity index (χ2v) is 8.71. The van der Waals surface area contributed by atoms with Crippen LogP contribution in [0.15, 0.2) is 54.6 Å². The monoisotopic (exact) mass is 452 g/mol. The quantitative estimate of drug-likeness (QED) is 0.565. The highest BCUT2D eigenvalue weighted by atomic mass is 35.5. The van der Waals surface area contributed by atoms with Gasteiger partial charge in [-0.1, -0.05) is 41.9 Å². The van der Waals surface area contributed by atoms with Gasteiger partial charge in [0.1, 0.15) is 0 Å². The van der Waals surface area contributed by atoms with Crippen LogP contribution in [0.2, 0.25) is 5.02 Å². The number of hydrogen-bond donors (Lipinski definition) is 1. The van der Waals surface area contributed by atoms with Gasteiger partial charge >= 0.3 is 6.09 Å². The summed E-state index contributed by atoms with van der Waals surface area (Å²) in [4.78, 5) is 14.6. The maximum absolute atomic E-state index is 12.2. The standard InChI is InChI=1S/C25H29ClN4O2/c1-18-24(19(2)30(28-18)23-9-4-3-5-10-23)17-29-13-11-22(16-29)27-25(31)32-14-12-20-7-6-8-21(26)15-20/h3-10,15,22H,11-14,16-17H2,1-2H3,(H,27,31). The van der Waals surface area contributed by atoms with Crippen LogP contribution in [0, 0.1) is 13.8 Å². The van der Waals surface area contributed by atoms with Crippen molar-refractivity contribution in [3.8, 4) is 5.69 Å². The Bertz CT molecular complexity index is 1070. The second kappa shape index (κ2) is 10.2. The molecule has 1 unspecified atom stereocenters. The molecule has 1 fully saturated rings. The Morgan fingerprint density at radius 3 is 2.78 bits per heavy atom. The first-order valence-corrected chi connectivity index (χ1v) is 11.4. The molecule has 6 nitrogen and oxygen atoms in total. The molecular formula is C25H29ClN4O2. The molecule has 168 valence electrons. The molecule has 0 saturated carbocycles. The molecule has 3 aromatic rings. The van der Waals surface area contributed by atoms with Gasteiger partial charge in [-0.2, -0.15) is 5.10 Å². The first-order chi connectivity index (χ1) is 15.5. The summed E-state index contributed by atoms with van der Waals surface area (Å²) in [6.45, 7) is 7.07. The van der Waals surface area contributed by atoms with Crippen LogP contribution in [-0.2, 0) is 17.7 Å². The Morgan fingerprint density at radius 2 is 2.00 bits per heavy atom. The van der Waals surface area contributed by atoms with Gasteiger partial charge in [0.25, 0.3) is 0 Å². The summed E-state index contributed by atoms with van der Waals surface area (Å²) in [6, 6.07) is 17.9. The molecular weight excluding hydrogens is 424 g/mol. The number of halogens is 1. The zero-order chi connectivity index (χ0) is 22.5. The lowest BCUT2D eigenvalue weighted by molar-refractivity contribution is 0.143. The van der Waals surface area contributed by atoms with Crippen LogP contribution >= 0.6 is 11.6 Å². The minimum atomic E-state index is -0.358. The third kappa shape index (κ3) is 5.50. The number of likely N-dealkylation sites (tertiary alicyclic amines) is 1. The van der Waals surface area contributed by atoms with E-state index in [0.717, 1.165) is 48.7 Å². The van der Waals surface area contributed by atoms with Crippen molar-refractivity contribution < 1.29 is 9.53 Å². The number of hydrogen-bond acceptors (Lipinski definition) is 4. The number of carbonyl (C=O) groups is 1. The van der Waals surface area contributed by atoms with Gasteiger partial charge in [0.05, 0.1) is 18.0 Å². The van der Waals surface area contributed by atoms with E-state index < -0.39 is 0 Å². The lowest BCUT2D eigenvalue weighted by atomic mass is 10.2. The topological polar surface area (TPSA) is 59.4 Å². The molecule has 1 N–H and O–H groups in total. The fraction of sp³-hybridized carbons (Fsp3) is 0.360. The number of carbonyl (C=O) groups excluding carboxylic acids is 1. The Morgan fingerprint density at radius 1 is 1.19 bits per heavy atom. The molecule has 2 aromatic carbocycles. The number of nitrogens with zero attached hydrogens (tertiary/aromatic N) is 3. The zero-order valence-corrected chi connectivity index (χ0v) is 19.3. The molecule has 7 heteroatoms. The predicted molar refractivity (Wildman–Crippen MR) is 126 cm³/mol. The molecule has 0 aliphatic carbocycles. The fourth-order valence-electron chi connectivity index (χ4n) is 4.20. The number of rotatable bonds is 7. The second-order valence-electron chi connectivity index (χ2n) is 8.28. The summed E-state index contributed by atoms with van der Waals surface area (Å²) in [7, 11) is 0. The van der Waals surface area contributed by atoms with E-state index in [-0.39, 0.29) is 12.1 Å². The fourth-order valence-corrected chi connectivity index (χ4v) is 4.42. The Labute approximate surface area is 194 Å². The van der Waals surface area contributed by atoms with Gasteiger partial charge in [-0.05, 0) is 50.1 Å². The molecule has 0 radical (unpaired) electrons. The maximum atomic E-state index is 12.2. The zero-order valence-electron chi connectivity index (χ0n) is 18.6. The third-order valence-corrected chi connectivity index (χ3v) is 6.17. The Balaban J connectivity index is 1.26. The highest BCUT2D eigenvalue weighted by Crippen LogP contribution is 2.22. The molecule has 1 aliphatic heterocycles. The van der Waals surface area contributed by atoms with Gasteiger partial charge in [0, 0.05) is 48.4 Å². The average Bonchev–Trinajstić information content (AvgIpc) is 3.33. The van der Waals surface area contributed by atoms with E-state index >= 15 is 0 Å². The van der Waals surface area contributed by atoms with Crippen molar-refractivity contribution in [2.45, 2.75) is 39.3 Å². The van der Waals surface area contributed by atoms with Gasteiger partial charge in [-0.25, -0.2) is 9.48 Å². The average molecular weight is 453 g/mol. The highest BCUT2D eigenvalue weighted by Gasteiger charge is 2.26. The number of benzene rings is 2. The van der Waals surface area contributed by atoms with Crippen LogP contribution in [0.4, 0.5) is 4.79 Å².